The van der Waals surface area contributed by atoms with Crippen LogP contribution >= 0.6 is 0 Å². The van der Waals surface area contributed by atoms with Crippen LogP contribution in [0.25, 0.3) is 0 Å². The zero-order valence-electron chi connectivity index (χ0n) is 11.2. The molecule has 3 nitrogen and oxygen atoms in total. The van der Waals surface area contributed by atoms with Crippen molar-refractivity contribution < 1.29 is 13.9 Å². The summed E-state index contributed by atoms with van der Waals surface area (Å²) in [5.74, 6) is 1.07. The lowest BCUT2D eigenvalue weighted by Gasteiger charge is -2.33. The quantitative estimate of drug-likeness (QED) is 0.932. The third-order valence-corrected chi connectivity index (χ3v) is 3.42. The lowest BCUT2D eigenvalue weighted by atomic mass is 9.98. The summed E-state index contributed by atoms with van der Waals surface area (Å²) in [4.78, 5) is 0. The van der Waals surface area contributed by atoms with Crippen molar-refractivity contribution in [2.45, 2.75) is 12.1 Å². The number of ether oxygens (including phenoxy) is 2. The maximum absolute atomic E-state index is 13.2. The number of para-hydroxylation sites is 1. The topological polar surface area (TPSA) is 30.5 Å². The molecule has 3 rings (SSSR count). The van der Waals surface area contributed by atoms with Gasteiger partial charge in [-0.15, -0.1) is 0 Å². The molecule has 1 heterocycles. The minimum atomic E-state index is -0.305. The predicted octanol–water partition coefficient (Wildman–Crippen LogP) is 2.93. The van der Waals surface area contributed by atoms with Crippen molar-refractivity contribution in [3.63, 3.8) is 0 Å². The smallest absolute Gasteiger partial charge is 0.152 e. The third-order valence-electron chi connectivity index (χ3n) is 3.42. The number of nitrogens with one attached hydrogen (secondary N) is 1. The third kappa shape index (κ3) is 2.47. The van der Waals surface area contributed by atoms with Gasteiger partial charge in [-0.2, -0.15) is 0 Å². The fraction of sp³-hybridized carbons (Fsp3) is 0.250. The molecule has 4 heteroatoms. The second kappa shape index (κ2) is 5.51. The Balaban J connectivity index is 1.84. The summed E-state index contributed by atoms with van der Waals surface area (Å²) in [5, 5.41) is 3.25. The number of hydrogen-bond acceptors (Lipinski definition) is 3. The van der Waals surface area contributed by atoms with Gasteiger partial charge in [0.25, 0.3) is 0 Å². The van der Waals surface area contributed by atoms with Gasteiger partial charge >= 0.3 is 0 Å². The van der Waals surface area contributed by atoms with Gasteiger partial charge in [0.1, 0.15) is 23.9 Å². The van der Waals surface area contributed by atoms with Crippen molar-refractivity contribution in [2.75, 3.05) is 13.7 Å². The molecule has 1 aliphatic heterocycles. The molecule has 0 saturated carbocycles. The van der Waals surface area contributed by atoms with Crippen LogP contribution in [0.3, 0.4) is 0 Å². The van der Waals surface area contributed by atoms with Crippen LogP contribution in [0.5, 0.6) is 11.5 Å². The molecule has 104 valence electrons. The average Bonchev–Trinajstić information content (AvgIpc) is 2.47. The first-order valence-electron chi connectivity index (χ1n) is 6.59. The first-order chi connectivity index (χ1) is 9.78. The van der Waals surface area contributed by atoms with Gasteiger partial charge < -0.3 is 14.8 Å². The van der Waals surface area contributed by atoms with Crippen LogP contribution in [-0.2, 0) is 0 Å². The fourth-order valence-corrected chi connectivity index (χ4v) is 2.50. The van der Waals surface area contributed by atoms with E-state index in [2.05, 4.69) is 5.32 Å². The summed E-state index contributed by atoms with van der Waals surface area (Å²) >= 11 is 0. The van der Waals surface area contributed by atoms with Crippen molar-refractivity contribution in [1.82, 2.24) is 5.32 Å². The second-order valence-electron chi connectivity index (χ2n) is 4.73. The van der Waals surface area contributed by atoms with Crippen molar-refractivity contribution >= 4 is 0 Å². The zero-order chi connectivity index (χ0) is 13.9. The highest BCUT2D eigenvalue weighted by atomic mass is 19.1. The molecule has 0 aromatic heterocycles. The van der Waals surface area contributed by atoms with Crippen LogP contribution < -0.4 is 14.8 Å². The molecule has 1 N–H and O–H groups in total. The van der Waals surface area contributed by atoms with Gasteiger partial charge in [-0.25, -0.2) is 4.39 Å². The molecule has 2 unspecified atom stereocenters. The van der Waals surface area contributed by atoms with E-state index in [1.54, 1.807) is 12.1 Å². The van der Waals surface area contributed by atoms with Gasteiger partial charge in [0.15, 0.2) is 6.10 Å². The van der Waals surface area contributed by atoms with Crippen molar-refractivity contribution in [1.29, 1.82) is 0 Å². The fourth-order valence-electron chi connectivity index (χ4n) is 2.50. The lowest BCUT2D eigenvalue weighted by molar-refractivity contribution is 0.0771. The van der Waals surface area contributed by atoms with Crippen LogP contribution in [0.15, 0.2) is 48.5 Å². The Hall–Kier alpha value is -2.07. The Kier molecular flexibility index (Phi) is 3.56. The number of hydrogen-bond donors (Lipinski definition) is 1. The molecular weight excluding hydrogens is 257 g/mol. The first-order valence-corrected chi connectivity index (χ1v) is 6.59. The molecule has 0 bridgehead atoms. The highest BCUT2D eigenvalue weighted by molar-refractivity contribution is 5.38. The summed E-state index contributed by atoms with van der Waals surface area (Å²) in [6.45, 7) is 0.430. The van der Waals surface area contributed by atoms with Crippen LogP contribution in [-0.4, -0.2) is 19.8 Å². The molecular formula is C16H16FNO2. The summed E-state index contributed by atoms with van der Waals surface area (Å²) in [6.07, 6.45) is -0.198. The van der Waals surface area contributed by atoms with E-state index in [1.165, 1.54) is 12.1 Å². The van der Waals surface area contributed by atoms with Gasteiger partial charge in [-0.1, -0.05) is 24.3 Å². The van der Waals surface area contributed by atoms with E-state index >= 15 is 0 Å². The van der Waals surface area contributed by atoms with E-state index in [1.807, 2.05) is 31.3 Å². The highest BCUT2D eigenvalue weighted by Gasteiger charge is 2.31. The molecule has 2 aromatic rings. The molecule has 2 aromatic carbocycles. The monoisotopic (exact) mass is 273 g/mol. The van der Waals surface area contributed by atoms with E-state index in [0.29, 0.717) is 12.4 Å². The van der Waals surface area contributed by atoms with Gasteiger partial charge in [0, 0.05) is 11.6 Å². The summed E-state index contributed by atoms with van der Waals surface area (Å²) in [5.41, 5.74) is 1.06. The van der Waals surface area contributed by atoms with Crippen LogP contribution in [0, 0.1) is 5.82 Å². The van der Waals surface area contributed by atoms with Gasteiger partial charge in [-0.3, -0.25) is 0 Å². The minimum absolute atomic E-state index is 0.0169. The Bertz CT molecular complexity index is 603. The van der Waals surface area contributed by atoms with E-state index in [9.17, 15) is 4.39 Å². The molecule has 0 fully saturated rings. The molecule has 1 aliphatic rings. The molecule has 2 atom stereocenters. The Morgan fingerprint density at radius 3 is 2.85 bits per heavy atom. The molecule has 20 heavy (non-hydrogen) atoms. The Morgan fingerprint density at radius 1 is 1.20 bits per heavy atom. The number of fused-ring (bicyclic) bond motifs is 1. The summed E-state index contributed by atoms with van der Waals surface area (Å²) in [7, 11) is 1.88. The second-order valence-corrected chi connectivity index (χ2v) is 4.73. The van der Waals surface area contributed by atoms with Crippen LogP contribution in [0.4, 0.5) is 4.39 Å². The summed E-state index contributed by atoms with van der Waals surface area (Å²) < 4.78 is 24.8. The Morgan fingerprint density at radius 2 is 2.05 bits per heavy atom. The van der Waals surface area contributed by atoms with Crippen LogP contribution in [0.1, 0.15) is 11.6 Å². The largest absolute Gasteiger partial charge is 0.489 e. The van der Waals surface area contributed by atoms with Crippen molar-refractivity contribution in [2.24, 2.45) is 0 Å². The van der Waals surface area contributed by atoms with Gasteiger partial charge in [-0.05, 0) is 25.2 Å². The SMILES string of the molecule is CNC1c2ccccc2OCC1Oc1cccc(F)c1. The maximum atomic E-state index is 13.2. The normalized spacial score (nSPS) is 20.9. The van der Waals surface area contributed by atoms with Crippen LogP contribution in [0.2, 0.25) is 0 Å². The summed E-state index contributed by atoms with van der Waals surface area (Å²) in [6, 6.07) is 14.0. The van der Waals surface area contributed by atoms with Gasteiger partial charge in [0.05, 0.1) is 6.04 Å². The minimum Gasteiger partial charge on any atom is -0.489 e. The van der Waals surface area contributed by atoms with E-state index < -0.39 is 0 Å². The maximum Gasteiger partial charge on any atom is 0.152 e. The molecule has 0 aliphatic carbocycles. The Labute approximate surface area is 117 Å². The zero-order valence-corrected chi connectivity index (χ0v) is 11.2. The molecule has 0 radical (unpaired) electrons. The lowest BCUT2D eigenvalue weighted by Crippen LogP contribution is -2.41. The number of halogens is 1. The molecule has 0 spiro atoms. The predicted molar refractivity (Wildman–Crippen MR) is 74.6 cm³/mol. The number of benzene rings is 2. The average molecular weight is 273 g/mol. The van der Waals surface area contributed by atoms with E-state index in [-0.39, 0.29) is 18.0 Å². The van der Waals surface area contributed by atoms with E-state index in [4.69, 9.17) is 9.47 Å². The number of likely N-dealkylation sites (N-methyl/N-ethyl adjacent to an activating group) is 1. The molecule has 0 amide bonds. The molecule has 0 saturated heterocycles. The van der Waals surface area contributed by atoms with Crippen molar-refractivity contribution in [3.05, 3.63) is 59.9 Å². The van der Waals surface area contributed by atoms with E-state index in [0.717, 1.165) is 11.3 Å². The van der Waals surface area contributed by atoms with Crippen molar-refractivity contribution in [3.8, 4) is 11.5 Å². The first kappa shape index (κ1) is 12.9. The standard InChI is InChI=1S/C16H16FNO2/c1-18-16-13-7-2-3-8-14(13)19-10-15(16)20-12-6-4-5-11(17)9-12/h2-9,15-16,18H,10H2,1H3. The highest BCUT2D eigenvalue weighted by Crippen LogP contribution is 2.33. The van der Waals surface area contributed by atoms with Gasteiger partial charge in [0.2, 0.25) is 0 Å². The number of rotatable bonds is 3.